The first-order chi connectivity index (χ1) is 16.8. The standard InChI is InChI=1S/C28H34N2O6/c1-17(31)35-15-27(3,4)13-29-21-11-7-9-19-23(21)25(33)20-10-8-12-22(24(20)26(19)34)30-14-28(5,6)16-36-18(2)32/h7-12,29-30H,13-16H2,1-6H3. The number of rotatable bonds is 10. The van der Waals surface area contributed by atoms with Gasteiger partial charge in [0.15, 0.2) is 11.6 Å². The summed E-state index contributed by atoms with van der Waals surface area (Å²) in [6.07, 6.45) is 0. The van der Waals surface area contributed by atoms with Crippen LogP contribution in [0, 0.1) is 10.8 Å². The number of ketones is 2. The van der Waals surface area contributed by atoms with Gasteiger partial charge in [0.25, 0.3) is 0 Å². The molecule has 0 saturated carbocycles. The molecule has 2 N–H and O–H groups in total. The molecule has 3 rings (SSSR count). The summed E-state index contributed by atoms with van der Waals surface area (Å²) in [4.78, 5) is 49.6. The summed E-state index contributed by atoms with van der Waals surface area (Å²) in [6, 6.07) is 10.4. The van der Waals surface area contributed by atoms with Gasteiger partial charge in [0.2, 0.25) is 0 Å². The monoisotopic (exact) mass is 494 g/mol. The lowest BCUT2D eigenvalue weighted by Crippen LogP contribution is -2.31. The van der Waals surface area contributed by atoms with Gasteiger partial charge < -0.3 is 20.1 Å². The Bertz CT molecular complexity index is 1110. The summed E-state index contributed by atoms with van der Waals surface area (Å²) >= 11 is 0. The number of hydrogen-bond acceptors (Lipinski definition) is 8. The number of fused-ring (bicyclic) bond motifs is 2. The van der Waals surface area contributed by atoms with Crippen LogP contribution >= 0.6 is 0 Å². The van der Waals surface area contributed by atoms with E-state index in [0.717, 1.165) is 0 Å². The Kier molecular flexibility index (Phi) is 7.86. The maximum atomic E-state index is 13.6. The zero-order chi connectivity index (χ0) is 26.7. The molecule has 0 aromatic heterocycles. The maximum absolute atomic E-state index is 13.6. The smallest absolute Gasteiger partial charge is 0.302 e. The Balaban J connectivity index is 1.85. The van der Waals surface area contributed by atoms with Gasteiger partial charge in [-0.25, -0.2) is 0 Å². The molecule has 0 fully saturated rings. The Morgan fingerprint density at radius 2 is 1.06 bits per heavy atom. The van der Waals surface area contributed by atoms with Crippen molar-refractivity contribution >= 4 is 34.9 Å². The van der Waals surface area contributed by atoms with Gasteiger partial charge in [0, 0.05) is 60.3 Å². The lowest BCUT2D eigenvalue weighted by atomic mass is 9.82. The molecule has 0 unspecified atom stereocenters. The second-order valence-corrected chi connectivity index (χ2v) is 10.7. The Hall–Kier alpha value is -3.68. The average molecular weight is 495 g/mol. The van der Waals surface area contributed by atoms with Crippen molar-refractivity contribution in [1.29, 1.82) is 0 Å². The van der Waals surface area contributed by atoms with Crippen molar-refractivity contribution in [2.24, 2.45) is 10.8 Å². The topological polar surface area (TPSA) is 111 Å². The van der Waals surface area contributed by atoms with Crippen molar-refractivity contribution in [2.75, 3.05) is 36.9 Å². The molecule has 36 heavy (non-hydrogen) atoms. The molecule has 0 bridgehead atoms. The molecule has 0 saturated heterocycles. The number of hydrogen-bond donors (Lipinski definition) is 2. The van der Waals surface area contributed by atoms with E-state index in [9.17, 15) is 19.2 Å². The van der Waals surface area contributed by atoms with Crippen LogP contribution in [0.15, 0.2) is 36.4 Å². The summed E-state index contributed by atoms with van der Waals surface area (Å²) in [5.41, 5.74) is 1.71. The van der Waals surface area contributed by atoms with E-state index in [2.05, 4.69) is 10.6 Å². The van der Waals surface area contributed by atoms with E-state index in [0.29, 0.717) is 46.7 Å². The predicted octanol–water partition coefficient (Wildman–Crippen LogP) is 4.46. The quantitative estimate of drug-likeness (QED) is 0.397. The molecule has 0 spiro atoms. The van der Waals surface area contributed by atoms with Gasteiger partial charge in [-0.15, -0.1) is 0 Å². The number of carbonyl (C=O) groups excluding carboxylic acids is 4. The fourth-order valence-electron chi connectivity index (χ4n) is 3.90. The van der Waals surface area contributed by atoms with Gasteiger partial charge in [-0.3, -0.25) is 19.2 Å². The zero-order valence-corrected chi connectivity index (χ0v) is 21.7. The molecule has 8 heteroatoms. The summed E-state index contributed by atoms with van der Waals surface area (Å²) < 4.78 is 10.3. The van der Waals surface area contributed by atoms with Crippen LogP contribution in [0.5, 0.6) is 0 Å². The maximum Gasteiger partial charge on any atom is 0.302 e. The molecule has 8 nitrogen and oxygen atoms in total. The van der Waals surface area contributed by atoms with E-state index < -0.39 is 0 Å². The van der Waals surface area contributed by atoms with Gasteiger partial charge in [-0.2, -0.15) is 0 Å². The number of ether oxygens (including phenoxy) is 2. The van der Waals surface area contributed by atoms with Crippen LogP contribution in [0.25, 0.3) is 0 Å². The number of carbonyl (C=O) groups is 4. The predicted molar refractivity (Wildman–Crippen MR) is 138 cm³/mol. The third-order valence-corrected chi connectivity index (χ3v) is 5.92. The fraction of sp³-hybridized carbons (Fsp3) is 0.429. The van der Waals surface area contributed by atoms with E-state index in [1.54, 1.807) is 36.4 Å². The Labute approximate surface area is 211 Å². The highest BCUT2D eigenvalue weighted by atomic mass is 16.5. The highest BCUT2D eigenvalue weighted by molar-refractivity contribution is 6.31. The second-order valence-electron chi connectivity index (χ2n) is 10.7. The lowest BCUT2D eigenvalue weighted by molar-refractivity contribution is -0.144. The molecule has 2 aromatic carbocycles. The Morgan fingerprint density at radius 3 is 1.39 bits per heavy atom. The largest absolute Gasteiger partial charge is 0.465 e. The number of anilines is 2. The van der Waals surface area contributed by atoms with Crippen LogP contribution in [-0.2, 0) is 19.1 Å². The number of nitrogens with one attached hydrogen (secondary N) is 2. The van der Waals surface area contributed by atoms with E-state index in [1.165, 1.54) is 13.8 Å². The van der Waals surface area contributed by atoms with Crippen LogP contribution < -0.4 is 10.6 Å². The molecule has 0 radical (unpaired) electrons. The highest BCUT2D eigenvalue weighted by Crippen LogP contribution is 2.36. The van der Waals surface area contributed by atoms with Crippen molar-refractivity contribution in [1.82, 2.24) is 0 Å². The number of esters is 2. The van der Waals surface area contributed by atoms with Crippen molar-refractivity contribution in [3.63, 3.8) is 0 Å². The van der Waals surface area contributed by atoms with Gasteiger partial charge >= 0.3 is 11.9 Å². The molecule has 0 heterocycles. The van der Waals surface area contributed by atoms with E-state index in [-0.39, 0.29) is 47.5 Å². The van der Waals surface area contributed by atoms with Gasteiger partial charge in [0.1, 0.15) is 0 Å². The minimum absolute atomic E-state index is 0.225. The molecule has 192 valence electrons. The molecular formula is C28H34N2O6. The summed E-state index contributed by atoms with van der Waals surface area (Å²) in [5.74, 6) is -1.17. The molecule has 2 aromatic rings. The minimum atomic E-state index is -0.385. The van der Waals surface area contributed by atoms with Crippen LogP contribution in [-0.4, -0.2) is 49.8 Å². The number of benzene rings is 2. The van der Waals surface area contributed by atoms with E-state index in [4.69, 9.17) is 9.47 Å². The first-order valence-corrected chi connectivity index (χ1v) is 11.9. The summed E-state index contributed by atoms with van der Waals surface area (Å²) in [7, 11) is 0. The van der Waals surface area contributed by atoms with Crippen molar-refractivity contribution in [2.45, 2.75) is 41.5 Å². The summed E-state index contributed by atoms with van der Waals surface area (Å²) in [5, 5.41) is 6.56. The molecule has 1 aliphatic carbocycles. The van der Waals surface area contributed by atoms with Crippen LogP contribution in [0.2, 0.25) is 0 Å². The van der Waals surface area contributed by atoms with Crippen molar-refractivity contribution in [3.05, 3.63) is 58.7 Å². The molecule has 0 amide bonds. The second kappa shape index (κ2) is 10.5. The zero-order valence-electron chi connectivity index (χ0n) is 21.7. The van der Waals surface area contributed by atoms with Crippen LogP contribution in [0.4, 0.5) is 11.4 Å². The van der Waals surface area contributed by atoms with E-state index in [1.807, 2.05) is 27.7 Å². The molecule has 1 aliphatic rings. The van der Waals surface area contributed by atoms with Crippen molar-refractivity contribution < 1.29 is 28.7 Å². The highest BCUT2D eigenvalue weighted by Gasteiger charge is 2.34. The SMILES string of the molecule is CC(=O)OCC(C)(C)CNc1cccc2c1C(=O)c1cccc(NCC(C)(C)COC(C)=O)c1C2=O. The first-order valence-electron chi connectivity index (χ1n) is 11.9. The molecule has 0 aliphatic heterocycles. The van der Waals surface area contributed by atoms with Gasteiger partial charge in [0.05, 0.1) is 24.3 Å². The summed E-state index contributed by atoms with van der Waals surface area (Å²) in [6.45, 7) is 11.8. The lowest BCUT2D eigenvalue weighted by Gasteiger charge is -2.28. The third kappa shape index (κ3) is 6.30. The molecular weight excluding hydrogens is 460 g/mol. The third-order valence-electron chi connectivity index (χ3n) is 5.92. The minimum Gasteiger partial charge on any atom is -0.465 e. The van der Waals surface area contributed by atoms with Gasteiger partial charge in [-0.1, -0.05) is 52.0 Å². The molecule has 0 atom stereocenters. The van der Waals surface area contributed by atoms with Crippen LogP contribution in [0.1, 0.15) is 73.4 Å². The first kappa shape index (κ1) is 26.9. The average Bonchev–Trinajstić information content (AvgIpc) is 2.82. The normalized spacial score (nSPS) is 12.9. The fourth-order valence-corrected chi connectivity index (χ4v) is 3.90. The van der Waals surface area contributed by atoms with Crippen LogP contribution in [0.3, 0.4) is 0 Å². The van der Waals surface area contributed by atoms with Gasteiger partial charge in [-0.05, 0) is 12.1 Å². The Morgan fingerprint density at radius 1 is 0.694 bits per heavy atom. The van der Waals surface area contributed by atoms with E-state index >= 15 is 0 Å². The van der Waals surface area contributed by atoms with Crippen molar-refractivity contribution in [3.8, 4) is 0 Å².